The summed E-state index contributed by atoms with van der Waals surface area (Å²) in [6, 6.07) is 18.2. The average molecular weight is 671 g/mol. The Balaban J connectivity index is 1.06. The van der Waals surface area contributed by atoms with Gasteiger partial charge in [-0.05, 0) is 110 Å². The molecule has 6 aromatic rings. The first kappa shape index (κ1) is 32.3. The van der Waals surface area contributed by atoms with Crippen molar-refractivity contribution in [2.24, 2.45) is 5.92 Å². The number of nitrogens with one attached hydrogen (secondary N) is 1. The van der Waals surface area contributed by atoms with Crippen molar-refractivity contribution in [3.05, 3.63) is 100 Å². The van der Waals surface area contributed by atoms with E-state index in [0.29, 0.717) is 41.8 Å². The molecule has 1 aliphatic heterocycles. The number of β-amino-alcohol motifs (C(OH)–C–C–N with tert-alkyl or cyclic N) is 1. The van der Waals surface area contributed by atoms with E-state index < -0.39 is 0 Å². The van der Waals surface area contributed by atoms with Crippen molar-refractivity contribution in [2.45, 2.75) is 71.2 Å². The average Bonchev–Trinajstić information content (AvgIpc) is 3.74. The standard InChI is InChI=1S/C40H42N6O4/c1-24-31(5-3-7-33(24)39-44-37-35(50-39)15-18-46(40(37)49)22-26-9-11-29(47)12-10-26)32-6-4-8-34(25(32)2)43-38-36-28(13-16-41-38)19-27(20-42-36)21-45-17-14-30(48)23-45/h3-8,13,15-16,18-20,26,29-30,47-48H,9-12,14,17,21-23H2,1-2H3,(H,41,43)/t26?,29?,30-/m1/s1. The minimum absolute atomic E-state index is 0.147. The van der Waals surface area contributed by atoms with E-state index in [-0.39, 0.29) is 17.8 Å². The Bertz CT molecular complexity index is 2250. The van der Waals surface area contributed by atoms with Gasteiger partial charge in [0.2, 0.25) is 5.89 Å². The maximum Gasteiger partial charge on any atom is 0.280 e. The van der Waals surface area contributed by atoms with Gasteiger partial charge in [-0.25, -0.2) is 9.97 Å². The van der Waals surface area contributed by atoms with Gasteiger partial charge < -0.3 is 24.5 Å². The van der Waals surface area contributed by atoms with Gasteiger partial charge in [-0.15, -0.1) is 0 Å². The summed E-state index contributed by atoms with van der Waals surface area (Å²) in [6.45, 7) is 7.13. The number of hydrogen-bond donors (Lipinski definition) is 3. The van der Waals surface area contributed by atoms with Gasteiger partial charge in [0.05, 0.1) is 12.2 Å². The van der Waals surface area contributed by atoms with Crippen LogP contribution in [0.3, 0.4) is 0 Å². The summed E-state index contributed by atoms with van der Waals surface area (Å²) in [6.07, 6.45) is 9.26. The van der Waals surface area contributed by atoms with Crippen molar-refractivity contribution in [3.8, 4) is 22.6 Å². The highest BCUT2D eigenvalue weighted by atomic mass is 16.3. The summed E-state index contributed by atoms with van der Waals surface area (Å²) in [7, 11) is 0. The number of hydrogen-bond acceptors (Lipinski definition) is 9. The van der Waals surface area contributed by atoms with Crippen molar-refractivity contribution in [1.82, 2.24) is 24.4 Å². The zero-order valence-corrected chi connectivity index (χ0v) is 28.5. The molecular weight excluding hydrogens is 628 g/mol. The Hall–Kier alpha value is -4.90. The highest BCUT2D eigenvalue weighted by Crippen LogP contribution is 2.37. The van der Waals surface area contributed by atoms with E-state index in [1.807, 2.05) is 42.6 Å². The smallest absolute Gasteiger partial charge is 0.280 e. The molecule has 0 amide bonds. The van der Waals surface area contributed by atoms with E-state index in [2.05, 4.69) is 47.2 Å². The molecule has 256 valence electrons. The van der Waals surface area contributed by atoms with Crippen LogP contribution in [0.2, 0.25) is 0 Å². The SMILES string of the molecule is Cc1c(Nc2nccc3cc(CN4CC[C@@H](O)C4)cnc23)cccc1-c1cccc(-c2nc3c(=O)n(CC4CCC(O)CC4)ccc3o2)c1C. The molecule has 10 heteroatoms. The van der Waals surface area contributed by atoms with Gasteiger partial charge in [0.25, 0.3) is 5.56 Å². The van der Waals surface area contributed by atoms with Crippen LogP contribution in [0.4, 0.5) is 11.5 Å². The molecule has 1 saturated carbocycles. The van der Waals surface area contributed by atoms with Crippen LogP contribution in [0, 0.1) is 19.8 Å². The summed E-state index contributed by atoms with van der Waals surface area (Å²) in [5, 5.41) is 24.4. The molecule has 50 heavy (non-hydrogen) atoms. The second-order valence-corrected chi connectivity index (χ2v) is 14.0. The van der Waals surface area contributed by atoms with Crippen molar-refractivity contribution in [3.63, 3.8) is 0 Å². The van der Waals surface area contributed by atoms with Crippen molar-refractivity contribution in [1.29, 1.82) is 0 Å². The fraction of sp³-hybridized carbons (Fsp3) is 0.350. The maximum atomic E-state index is 13.5. The maximum absolute atomic E-state index is 13.5. The van der Waals surface area contributed by atoms with Crippen LogP contribution in [0.5, 0.6) is 0 Å². The third-order valence-electron chi connectivity index (χ3n) is 10.5. The summed E-state index contributed by atoms with van der Waals surface area (Å²) < 4.78 is 7.93. The number of pyridine rings is 3. The summed E-state index contributed by atoms with van der Waals surface area (Å²) in [5.41, 5.74) is 8.52. The number of anilines is 2. The van der Waals surface area contributed by atoms with Gasteiger partial charge in [-0.1, -0.05) is 24.3 Å². The first-order valence-electron chi connectivity index (χ1n) is 17.6. The molecule has 3 N–H and O–H groups in total. The molecule has 0 unspecified atom stereocenters. The van der Waals surface area contributed by atoms with E-state index in [0.717, 1.165) is 95.2 Å². The number of oxazole rings is 1. The highest BCUT2D eigenvalue weighted by molar-refractivity contribution is 5.91. The first-order valence-corrected chi connectivity index (χ1v) is 17.6. The summed E-state index contributed by atoms with van der Waals surface area (Å²) in [4.78, 5) is 29.9. The highest BCUT2D eigenvalue weighted by Gasteiger charge is 2.23. The number of likely N-dealkylation sites (tertiary alicyclic amines) is 1. The van der Waals surface area contributed by atoms with E-state index in [1.54, 1.807) is 17.0 Å². The number of benzene rings is 2. The van der Waals surface area contributed by atoms with Crippen molar-refractivity contribution < 1.29 is 14.6 Å². The molecule has 4 aromatic heterocycles. The van der Waals surface area contributed by atoms with Crippen LogP contribution in [-0.4, -0.2) is 59.9 Å². The van der Waals surface area contributed by atoms with E-state index >= 15 is 0 Å². The summed E-state index contributed by atoms with van der Waals surface area (Å²) in [5.74, 6) is 1.48. The van der Waals surface area contributed by atoms with Gasteiger partial charge in [0.1, 0.15) is 5.52 Å². The third kappa shape index (κ3) is 6.30. The second-order valence-electron chi connectivity index (χ2n) is 14.0. The molecule has 1 saturated heterocycles. The monoisotopic (exact) mass is 670 g/mol. The van der Waals surface area contributed by atoms with E-state index in [1.165, 1.54) is 0 Å². The number of nitrogens with zero attached hydrogens (tertiary/aromatic N) is 5. The van der Waals surface area contributed by atoms with E-state index in [9.17, 15) is 15.0 Å². The Morgan fingerprint density at radius 3 is 2.46 bits per heavy atom. The molecule has 1 aliphatic carbocycles. The van der Waals surface area contributed by atoms with Crippen LogP contribution in [0.15, 0.2) is 82.4 Å². The topological polar surface area (TPSA) is 130 Å². The van der Waals surface area contributed by atoms with Crippen LogP contribution in [-0.2, 0) is 13.1 Å². The molecule has 10 nitrogen and oxygen atoms in total. The van der Waals surface area contributed by atoms with Crippen molar-refractivity contribution in [2.75, 3.05) is 18.4 Å². The predicted molar refractivity (Wildman–Crippen MR) is 195 cm³/mol. The zero-order valence-electron chi connectivity index (χ0n) is 28.5. The predicted octanol–water partition coefficient (Wildman–Crippen LogP) is 6.74. The van der Waals surface area contributed by atoms with Crippen LogP contribution in [0.25, 0.3) is 44.6 Å². The minimum atomic E-state index is -0.246. The van der Waals surface area contributed by atoms with Gasteiger partial charge in [0.15, 0.2) is 16.9 Å². The fourth-order valence-electron chi connectivity index (χ4n) is 7.67. The Labute approximate surface area is 290 Å². The Kier molecular flexibility index (Phi) is 8.68. The van der Waals surface area contributed by atoms with Gasteiger partial charge >= 0.3 is 0 Å². The second kappa shape index (κ2) is 13.4. The lowest BCUT2D eigenvalue weighted by atomic mass is 9.87. The van der Waals surface area contributed by atoms with Crippen LogP contribution < -0.4 is 10.9 Å². The molecule has 1 atom stereocenters. The lowest BCUT2D eigenvalue weighted by molar-refractivity contribution is 0.104. The Morgan fingerprint density at radius 1 is 0.880 bits per heavy atom. The molecule has 2 aromatic carbocycles. The molecule has 0 bridgehead atoms. The number of fused-ring (bicyclic) bond motifs is 2. The number of aliphatic hydroxyl groups is 2. The molecule has 0 radical (unpaired) electrons. The molecule has 8 rings (SSSR count). The number of rotatable bonds is 8. The van der Waals surface area contributed by atoms with Crippen molar-refractivity contribution >= 4 is 33.5 Å². The molecule has 2 fully saturated rings. The Morgan fingerprint density at radius 2 is 1.66 bits per heavy atom. The van der Waals surface area contributed by atoms with Crippen LogP contribution >= 0.6 is 0 Å². The minimum Gasteiger partial charge on any atom is -0.436 e. The lowest BCUT2D eigenvalue weighted by Gasteiger charge is -2.25. The molecule has 2 aliphatic rings. The normalized spacial score (nSPS) is 19.8. The van der Waals surface area contributed by atoms with E-state index in [4.69, 9.17) is 14.4 Å². The first-order chi connectivity index (χ1) is 24.3. The van der Waals surface area contributed by atoms with Crippen LogP contribution in [0.1, 0.15) is 48.8 Å². The number of aliphatic hydroxyl groups excluding tert-OH is 2. The number of aromatic nitrogens is 4. The molecule has 5 heterocycles. The summed E-state index contributed by atoms with van der Waals surface area (Å²) >= 11 is 0. The third-order valence-corrected chi connectivity index (χ3v) is 10.5. The van der Waals surface area contributed by atoms with Gasteiger partial charge in [-0.2, -0.15) is 0 Å². The van der Waals surface area contributed by atoms with Gasteiger partial charge in [0, 0.05) is 61.4 Å². The fourth-order valence-corrected chi connectivity index (χ4v) is 7.67. The van der Waals surface area contributed by atoms with Gasteiger partial charge in [-0.3, -0.25) is 14.7 Å². The quantitative estimate of drug-likeness (QED) is 0.161. The zero-order chi connectivity index (χ0) is 34.4. The largest absolute Gasteiger partial charge is 0.436 e. The lowest BCUT2D eigenvalue weighted by Crippen LogP contribution is -2.27. The molecule has 0 spiro atoms. The molecular formula is C40H42N6O4.